The Morgan fingerprint density at radius 2 is 1.64 bits per heavy atom. The van der Waals surface area contributed by atoms with E-state index in [1.165, 1.54) is 6.33 Å². The highest BCUT2D eigenvalue weighted by molar-refractivity contribution is 7.15. The third kappa shape index (κ3) is 3.99. The molecule has 0 aliphatic carbocycles. The number of aromatic nitrogens is 4. The number of rotatable bonds is 7. The largest absolute Gasteiger partial charge is 0.493 e. The molecule has 3 rings (SSSR count). The van der Waals surface area contributed by atoms with Crippen LogP contribution < -0.4 is 19.5 Å². The summed E-state index contributed by atoms with van der Waals surface area (Å²) in [4.78, 5) is 18.7. The van der Waals surface area contributed by atoms with Crippen molar-refractivity contribution < 1.29 is 14.2 Å². The Labute approximate surface area is 168 Å². The molecule has 0 radical (unpaired) electrons. The van der Waals surface area contributed by atoms with Crippen LogP contribution >= 0.6 is 11.3 Å². The Bertz CT molecular complexity index is 949. The van der Waals surface area contributed by atoms with Crippen molar-refractivity contribution in [3.8, 4) is 28.0 Å². The van der Waals surface area contributed by atoms with Crippen molar-refractivity contribution in [3.05, 3.63) is 29.2 Å². The monoisotopic (exact) mass is 401 g/mol. The smallest absolute Gasteiger partial charge is 0.230 e. The second-order valence-electron chi connectivity index (χ2n) is 6.29. The lowest BCUT2D eigenvalue weighted by Gasteiger charge is -2.14. The summed E-state index contributed by atoms with van der Waals surface area (Å²) in [6.45, 7) is 6.20. The van der Waals surface area contributed by atoms with E-state index in [0.29, 0.717) is 40.6 Å². The first kappa shape index (κ1) is 19.8. The van der Waals surface area contributed by atoms with Gasteiger partial charge in [0.25, 0.3) is 0 Å². The number of ether oxygens (including phenoxy) is 3. The van der Waals surface area contributed by atoms with Crippen LogP contribution in [0.4, 0.5) is 11.6 Å². The highest BCUT2D eigenvalue weighted by atomic mass is 32.1. The van der Waals surface area contributed by atoms with Gasteiger partial charge in [-0.15, -0.1) is 11.3 Å². The summed E-state index contributed by atoms with van der Waals surface area (Å²) in [5.74, 6) is 2.96. The molecular weight excluding hydrogens is 378 g/mol. The molecule has 8 nitrogen and oxygen atoms in total. The molecule has 0 spiro atoms. The molecule has 9 heteroatoms. The maximum atomic E-state index is 5.39. The minimum absolute atomic E-state index is 0.358. The van der Waals surface area contributed by atoms with Crippen molar-refractivity contribution in [3.63, 3.8) is 0 Å². The summed E-state index contributed by atoms with van der Waals surface area (Å²) < 4.78 is 16.1. The van der Waals surface area contributed by atoms with Gasteiger partial charge in [0.15, 0.2) is 17.3 Å². The highest BCUT2D eigenvalue weighted by Crippen LogP contribution is 2.40. The van der Waals surface area contributed by atoms with Gasteiger partial charge in [0.05, 0.1) is 36.9 Å². The van der Waals surface area contributed by atoms with Crippen LogP contribution in [0.2, 0.25) is 0 Å². The maximum Gasteiger partial charge on any atom is 0.230 e. The van der Waals surface area contributed by atoms with Crippen LogP contribution in [0, 0.1) is 6.92 Å². The molecule has 28 heavy (non-hydrogen) atoms. The zero-order valence-electron chi connectivity index (χ0n) is 16.7. The zero-order chi connectivity index (χ0) is 20.3. The van der Waals surface area contributed by atoms with Crippen molar-refractivity contribution >= 4 is 23.0 Å². The van der Waals surface area contributed by atoms with E-state index in [1.54, 1.807) is 44.8 Å². The molecular formula is C19H23N5O3S. The van der Waals surface area contributed by atoms with Crippen LogP contribution in [0.15, 0.2) is 18.5 Å². The van der Waals surface area contributed by atoms with Gasteiger partial charge in [-0.25, -0.2) is 15.0 Å². The van der Waals surface area contributed by atoms with Crippen molar-refractivity contribution in [2.75, 3.05) is 26.6 Å². The zero-order valence-corrected chi connectivity index (χ0v) is 17.5. The summed E-state index contributed by atoms with van der Waals surface area (Å²) in [6.07, 6.45) is 1.48. The average Bonchev–Trinajstić information content (AvgIpc) is 3.09. The van der Waals surface area contributed by atoms with Crippen molar-refractivity contribution in [1.82, 2.24) is 19.9 Å². The normalized spacial score (nSPS) is 10.8. The lowest BCUT2D eigenvalue weighted by atomic mass is 10.2. The molecule has 0 fully saturated rings. The number of nitrogens with zero attached hydrogens (tertiary/aromatic N) is 4. The van der Waals surface area contributed by atoms with Crippen LogP contribution in [0.5, 0.6) is 17.2 Å². The third-order valence-corrected chi connectivity index (χ3v) is 5.46. The second kappa shape index (κ2) is 8.39. The molecule has 0 saturated heterocycles. The number of methoxy groups -OCH3 is 3. The van der Waals surface area contributed by atoms with Crippen LogP contribution in [-0.4, -0.2) is 41.3 Å². The minimum Gasteiger partial charge on any atom is -0.493 e. The molecule has 0 atom stereocenters. The van der Waals surface area contributed by atoms with Gasteiger partial charge in [0, 0.05) is 23.7 Å². The SMILES string of the molecule is COc1cc(Nc2ncnc(-c3sc(C(C)C)nc3C)n2)cc(OC)c1OC. The number of aryl methyl sites for hydroxylation is 1. The van der Waals surface area contributed by atoms with Crippen LogP contribution in [-0.2, 0) is 0 Å². The molecule has 148 valence electrons. The number of benzene rings is 1. The van der Waals surface area contributed by atoms with Crippen LogP contribution in [0.1, 0.15) is 30.5 Å². The molecule has 0 bridgehead atoms. The molecule has 0 saturated carbocycles. The molecule has 0 unspecified atom stereocenters. The number of anilines is 2. The highest BCUT2D eigenvalue weighted by Gasteiger charge is 2.16. The predicted molar refractivity (Wildman–Crippen MR) is 109 cm³/mol. The summed E-state index contributed by atoms with van der Waals surface area (Å²) in [5, 5.41) is 4.23. The molecule has 3 aromatic rings. The lowest BCUT2D eigenvalue weighted by Crippen LogP contribution is -2.02. The Kier molecular flexibility index (Phi) is 5.93. The Morgan fingerprint density at radius 3 is 2.18 bits per heavy atom. The fourth-order valence-corrected chi connectivity index (χ4v) is 3.63. The van der Waals surface area contributed by atoms with Crippen LogP contribution in [0.25, 0.3) is 10.7 Å². The van der Waals surface area contributed by atoms with E-state index in [2.05, 4.69) is 39.1 Å². The average molecular weight is 401 g/mol. The fraction of sp³-hybridized carbons (Fsp3) is 0.368. The molecule has 0 amide bonds. The van der Waals surface area contributed by atoms with Gasteiger partial charge >= 0.3 is 0 Å². The number of hydrogen-bond donors (Lipinski definition) is 1. The summed E-state index contributed by atoms with van der Waals surface area (Å²) in [5.41, 5.74) is 1.62. The summed E-state index contributed by atoms with van der Waals surface area (Å²) in [7, 11) is 4.70. The van der Waals surface area contributed by atoms with E-state index in [0.717, 1.165) is 15.6 Å². The fourth-order valence-electron chi connectivity index (χ4n) is 2.62. The van der Waals surface area contributed by atoms with Crippen molar-refractivity contribution in [2.24, 2.45) is 0 Å². The molecule has 2 aromatic heterocycles. The summed E-state index contributed by atoms with van der Waals surface area (Å²) >= 11 is 1.60. The third-order valence-electron chi connectivity index (χ3n) is 4.00. The first-order chi connectivity index (χ1) is 13.5. The Hall–Kier alpha value is -2.94. The lowest BCUT2D eigenvalue weighted by molar-refractivity contribution is 0.324. The van der Waals surface area contributed by atoms with Crippen molar-refractivity contribution in [1.29, 1.82) is 0 Å². The Balaban J connectivity index is 1.94. The number of hydrogen-bond acceptors (Lipinski definition) is 9. The van der Waals surface area contributed by atoms with Gasteiger partial charge in [-0.3, -0.25) is 0 Å². The molecule has 1 aromatic carbocycles. The molecule has 0 aliphatic heterocycles. The molecule has 2 heterocycles. The van der Waals surface area contributed by atoms with Gasteiger partial charge < -0.3 is 19.5 Å². The Morgan fingerprint density at radius 1 is 0.964 bits per heavy atom. The van der Waals surface area contributed by atoms with Crippen LogP contribution in [0.3, 0.4) is 0 Å². The van der Waals surface area contributed by atoms with Gasteiger partial charge in [-0.05, 0) is 6.92 Å². The van der Waals surface area contributed by atoms with E-state index in [9.17, 15) is 0 Å². The number of thiazole rings is 1. The van der Waals surface area contributed by atoms with Crippen molar-refractivity contribution in [2.45, 2.75) is 26.7 Å². The quantitative estimate of drug-likeness (QED) is 0.630. The van der Waals surface area contributed by atoms with E-state index in [1.807, 2.05) is 6.92 Å². The summed E-state index contributed by atoms with van der Waals surface area (Å²) in [6, 6.07) is 3.58. The van der Waals surface area contributed by atoms with E-state index in [-0.39, 0.29) is 0 Å². The predicted octanol–water partition coefficient (Wildman–Crippen LogP) is 4.20. The number of nitrogens with one attached hydrogen (secondary N) is 1. The van der Waals surface area contributed by atoms with Gasteiger partial charge in [-0.1, -0.05) is 13.8 Å². The minimum atomic E-state index is 0.358. The first-order valence-corrected chi connectivity index (χ1v) is 9.52. The second-order valence-corrected chi connectivity index (χ2v) is 7.32. The maximum absolute atomic E-state index is 5.39. The van der Waals surface area contributed by atoms with E-state index < -0.39 is 0 Å². The van der Waals surface area contributed by atoms with E-state index >= 15 is 0 Å². The molecule has 1 N–H and O–H groups in total. The first-order valence-electron chi connectivity index (χ1n) is 8.70. The van der Waals surface area contributed by atoms with Gasteiger partial charge in [0.2, 0.25) is 11.7 Å². The molecule has 0 aliphatic rings. The van der Waals surface area contributed by atoms with E-state index in [4.69, 9.17) is 14.2 Å². The topological polar surface area (TPSA) is 91.3 Å². The van der Waals surface area contributed by atoms with Gasteiger partial charge in [-0.2, -0.15) is 4.98 Å². The standard InChI is InChI=1S/C19H23N5O3S/c1-10(2)18-22-11(3)16(28-18)17-20-9-21-19(24-17)23-12-7-13(25-4)15(27-6)14(8-12)26-5/h7-10H,1-6H3,(H,20,21,23,24). The van der Waals surface area contributed by atoms with Gasteiger partial charge in [0.1, 0.15) is 6.33 Å².